The quantitative estimate of drug-likeness (QED) is 0.383. The van der Waals surface area contributed by atoms with E-state index in [4.69, 9.17) is 10.2 Å². The van der Waals surface area contributed by atoms with Gasteiger partial charge in [-0.15, -0.1) is 0 Å². The number of likely N-dealkylation sites (tertiary alicyclic amines) is 1. The predicted molar refractivity (Wildman–Crippen MR) is 127 cm³/mol. The molecule has 1 unspecified atom stereocenters. The zero-order chi connectivity index (χ0) is 27.0. The number of aliphatic hydroxyl groups excluding tert-OH is 1. The van der Waals surface area contributed by atoms with E-state index in [1.807, 2.05) is 18.7 Å². The molecule has 3 rings (SSSR count). The van der Waals surface area contributed by atoms with Crippen LogP contribution in [0.3, 0.4) is 0 Å². The summed E-state index contributed by atoms with van der Waals surface area (Å²) < 4.78 is 0. The maximum Gasteiger partial charge on any atom is 0.325 e. The van der Waals surface area contributed by atoms with Crippen LogP contribution in [0.25, 0.3) is 0 Å². The Balaban J connectivity index is 0.000000284. The maximum atomic E-state index is 12.4. The minimum absolute atomic E-state index is 0.0593. The Bertz CT molecular complexity index is 988. The second-order valence-corrected chi connectivity index (χ2v) is 8.28. The van der Waals surface area contributed by atoms with E-state index < -0.39 is 41.7 Å². The van der Waals surface area contributed by atoms with Crippen molar-refractivity contribution in [3.8, 4) is 0 Å². The molecule has 2 aliphatic heterocycles. The van der Waals surface area contributed by atoms with Gasteiger partial charge < -0.3 is 15.5 Å². The molecule has 5 amide bonds. The Morgan fingerprint density at radius 2 is 1.64 bits per heavy atom. The van der Waals surface area contributed by atoms with Gasteiger partial charge in [0.1, 0.15) is 12.1 Å². The predicted octanol–water partition coefficient (Wildman–Crippen LogP) is -0.290. The zero-order valence-electron chi connectivity index (χ0n) is 20.6. The molecule has 1 aromatic carbocycles. The first-order valence-corrected chi connectivity index (χ1v) is 11.7. The van der Waals surface area contributed by atoms with Gasteiger partial charge in [0.25, 0.3) is 17.7 Å². The van der Waals surface area contributed by atoms with E-state index in [0.29, 0.717) is 0 Å². The van der Waals surface area contributed by atoms with Crippen LogP contribution in [-0.4, -0.2) is 105 Å². The number of carbonyl (C=O) groups excluding carboxylic acids is 5. The molecule has 1 aromatic rings. The van der Waals surface area contributed by atoms with Gasteiger partial charge in [-0.1, -0.05) is 26.0 Å². The number of rotatable bonds is 9. The summed E-state index contributed by atoms with van der Waals surface area (Å²) in [5.41, 5.74) is 0.539. The van der Waals surface area contributed by atoms with Crippen molar-refractivity contribution in [2.45, 2.75) is 45.7 Å². The lowest BCUT2D eigenvalue weighted by atomic mass is 10.0. The standard InChI is InChI=1S/C15H14N2O5.C9H18N2O3/c18-8-7-16-12(19)6-5-11(15(16)22)17-13(20)9-3-1-2-4-10(9)14(17)21;1-4-11(5-2)6-8(12)10-7(3)9(13)14/h1-4,11,18H,5-8H2;7H,4-6H2,1-3H3,(H,10,12)(H,13,14)/t;7-/m.0/s1. The molecule has 3 N–H and O–H groups in total. The van der Waals surface area contributed by atoms with Crippen molar-refractivity contribution in [3.05, 3.63) is 35.4 Å². The van der Waals surface area contributed by atoms with E-state index >= 15 is 0 Å². The fourth-order valence-corrected chi connectivity index (χ4v) is 3.89. The number of hydrogen-bond acceptors (Lipinski definition) is 8. The number of carbonyl (C=O) groups is 6. The van der Waals surface area contributed by atoms with Crippen molar-refractivity contribution >= 4 is 35.5 Å². The first-order chi connectivity index (χ1) is 17.1. The van der Waals surface area contributed by atoms with Crippen molar-refractivity contribution in [2.24, 2.45) is 0 Å². The third-order valence-electron chi connectivity index (χ3n) is 5.95. The molecule has 36 heavy (non-hydrogen) atoms. The van der Waals surface area contributed by atoms with E-state index in [1.54, 1.807) is 24.3 Å². The van der Waals surface area contributed by atoms with Crippen molar-refractivity contribution in [1.29, 1.82) is 0 Å². The number of β-amino-alcohol motifs (C(OH)–C–C–N with tert-alkyl or cyclic N) is 1. The van der Waals surface area contributed by atoms with Crippen LogP contribution in [0.15, 0.2) is 24.3 Å². The van der Waals surface area contributed by atoms with E-state index in [1.165, 1.54) is 6.92 Å². The lowest BCUT2D eigenvalue weighted by Crippen LogP contribution is -2.56. The normalized spacial score (nSPS) is 18.1. The number of amides is 5. The van der Waals surface area contributed by atoms with Crippen LogP contribution >= 0.6 is 0 Å². The lowest BCUT2D eigenvalue weighted by molar-refractivity contribution is -0.152. The Labute approximate surface area is 208 Å². The Morgan fingerprint density at radius 1 is 1.08 bits per heavy atom. The number of carboxylic acids is 1. The highest BCUT2D eigenvalue weighted by molar-refractivity contribution is 6.23. The molecular weight excluding hydrogens is 472 g/mol. The summed E-state index contributed by atoms with van der Waals surface area (Å²) in [6, 6.07) is 4.57. The molecule has 0 aliphatic carbocycles. The Kier molecular flexibility index (Phi) is 10.2. The number of nitrogens with zero attached hydrogens (tertiary/aromatic N) is 3. The van der Waals surface area contributed by atoms with Crippen LogP contribution in [-0.2, 0) is 19.2 Å². The summed E-state index contributed by atoms with van der Waals surface area (Å²) in [7, 11) is 0. The largest absolute Gasteiger partial charge is 0.480 e. The summed E-state index contributed by atoms with van der Waals surface area (Å²) in [4.78, 5) is 74.4. The Hall–Kier alpha value is -3.64. The number of nitrogens with one attached hydrogen (secondary N) is 1. The monoisotopic (exact) mass is 504 g/mol. The third kappa shape index (κ3) is 6.52. The van der Waals surface area contributed by atoms with Crippen LogP contribution < -0.4 is 5.32 Å². The number of likely N-dealkylation sites (N-methyl/N-ethyl adjacent to an activating group) is 1. The summed E-state index contributed by atoms with van der Waals surface area (Å²) in [5, 5.41) is 19.9. The maximum absolute atomic E-state index is 12.4. The summed E-state index contributed by atoms with van der Waals surface area (Å²) in [6.07, 6.45) is 0.175. The average molecular weight is 505 g/mol. The molecule has 12 heteroatoms. The fourth-order valence-electron chi connectivity index (χ4n) is 3.89. The van der Waals surface area contributed by atoms with Crippen LogP contribution in [0.5, 0.6) is 0 Å². The highest BCUT2D eigenvalue weighted by Crippen LogP contribution is 2.28. The van der Waals surface area contributed by atoms with Gasteiger partial charge >= 0.3 is 5.97 Å². The van der Waals surface area contributed by atoms with Gasteiger partial charge in [0.15, 0.2) is 0 Å². The van der Waals surface area contributed by atoms with Gasteiger partial charge in [-0.25, -0.2) is 0 Å². The average Bonchev–Trinajstić information content (AvgIpc) is 3.10. The smallest absolute Gasteiger partial charge is 0.325 e. The van der Waals surface area contributed by atoms with Crippen LogP contribution in [0.2, 0.25) is 0 Å². The minimum Gasteiger partial charge on any atom is -0.480 e. The summed E-state index contributed by atoms with van der Waals surface area (Å²) >= 11 is 0. The van der Waals surface area contributed by atoms with Crippen LogP contribution in [0.1, 0.15) is 54.3 Å². The van der Waals surface area contributed by atoms with Gasteiger partial charge in [0.2, 0.25) is 11.8 Å². The summed E-state index contributed by atoms with van der Waals surface area (Å²) in [6.45, 7) is 6.70. The number of imide groups is 2. The second kappa shape index (κ2) is 12.9. The number of piperidine rings is 1. The van der Waals surface area contributed by atoms with Crippen LogP contribution in [0, 0.1) is 0 Å². The molecule has 0 bridgehead atoms. The van der Waals surface area contributed by atoms with E-state index in [0.717, 1.165) is 22.9 Å². The van der Waals surface area contributed by atoms with Gasteiger partial charge in [-0.2, -0.15) is 0 Å². The van der Waals surface area contributed by atoms with Gasteiger partial charge in [-0.05, 0) is 38.6 Å². The molecule has 2 heterocycles. The summed E-state index contributed by atoms with van der Waals surface area (Å²) in [5.74, 6) is -3.30. The number of hydrogen-bond donors (Lipinski definition) is 3. The molecule has 2 aliphatic rings. The molecule has 0 spiro atoms. The highest BCUT2D eigenvalue weighted by Gasteiger charge is 2.46. The third-order valence-corrected chi connectivity index (χ3v) is 5.95. The SMILES string of the molecule is CCN(CC)CC(=O)N[C@@H](C)C(=O)O.O=C1CCC(N2C(=O)c3ccccc3C2=O)C(=O)N1CCO. The topological polar surface area (TPSA) is 165 Å². The number of aliphatic hydroxyl groups is 1. The van der Waals surface area contributed by atoms with Crippen molar-refractivity contribution < 1.29 is 39.0 Å². The highest BCUT2D eigenvalue weighted by atomic mass is 16.4. The van der Waals surface area contributed by atoms with Gasteiger partial charge in [0.05, 0.1) is 30.8 Å². The van der Waals surface area contributed by atoms with Crippen LogP contribution in [0.4, 0.5) is 0 Å². The lowest BCUT2D eigenvalue weighted by Gasteiger charge is -2.34. The fraction of sp³-hybridized carbons (Fsp3) is 0.500. The molecular formula is C24H32N4O8. The number of aliphatic carboxylic acids is 1. The molecule has 0 saturated carbocycles. The first-order valence-electron chi connectivity index (χ1n) is 11.7. The van der Waals surface area contributed by atoms with Gasteiger partial charge in [0, 0.05) is 6.42 Å². The number of benzene rings is 1. The van der Waals surface area contributed by atoms with Gasteiger partial charge in [-0.3, -0.25) is 43.5 Å². The van der Waals surface area contributed by atoms with E-state index in [2.05, 4.69) is 5.32 Å². The molecule has 0 aromatic heterocycles. The molecule has 12 nitrogen and oxygen atoms in total. The molecule has 0 radical (unpaired) electrons. The Morgan fingerprint density at radius 3 is 2.11 bits per heavy atom. The zero-order valence-corrected chi connectivity index (χ0v) is 20.6. The molecule has 2 atom stereocenters. The van der Waals surface area contributed by atoms with Crippen molar-refractivity contribution in [3.63, 3.8) is 0 Å². The first kappa shape index (κ1) is 28.6. The van der Waals surface area contributed by atoms with E-state index in [9.17, 15) is 28.8 Å². The molecule has 1 fully saturated rings. The van der Waals surface area contributed by atoms with E-state index in [-0.39, 0.29) is 49.6 Å². The second-order valence-electron chi connectivity index (χ2n) is 8.28. The molecule has 196 valence electrons. The molecule has 1 saturated heterocycles. The number of fused-ring (bicyclic) bond motifs is 1. The van der Waals surface area contributed by atoms with Crippen molar-refractivity contribution in [1.82, 2.24) is 20.0 Å². The number of carboxylic acid groups (broad SMARTS) is 1. The minimum atomic E-state index is -1.02. The van der Waals surface area contributed by atoms with Crippen molar-refractivity contribution in [2.75, 3.05) is 32.8 Å².